The second kappa shape index (κ2) is 6.12. The molecule has 0 fully saturated rings. The molecule has 16 heavy (non-hydrogen) atoms. The standard InChI is InChI=1S/C12H18N2O2/c1-9-6-10(4-5-11(9)16-3)7-14-8-12(15)13-2/h4-6,14H,7-8H2,1-3H3,(H,13,15). The molecule has 1 amide bonds. The van der Waals surface area contributed by atoms with Crippen molar-refractivity contribution in [2.45, 2.75) is 13.5 Å². The quantitative estimate of drug-likeness (QED) is 0.776. The molecule has 2 N–H and O–H groups in total. The molecule has 0 aliphatic rings. The van der Waals surface area contributed by atoms with Crippen molar-refractivity contribution >= 4 is 5.91 Å². The van der Waals surface area contributed by atoms with Gasteiger partial charge in [-0.15, -0.1) is 0 Å². The van der Waals surface area contributed by atoms with Crippen LogP contribution in [0.5, 0.6) is 5.75 Å². The summed E-state index contributed by atoms with van der Waals surface area (Å²) in [7, 11) is 3.29. The third-order valence-electron chi connectivity index (χ3n) is 2.35. The van der Waals surface area contributed by atoms with E-state index in [0.717, 1.165) is 16.9 Å². The average Bonchev–Trinajstić information content (AvgIpc) is 2.29. The number of nitrogens with one attached hydrogen (secondary N) is 2. The Morgan fingerprint density at radius 2 is 2.19 bits per heavy atom. The van der Waals surface area contributed by atoms with Crippen LogP contribution in [0.25, 0.3) is 0 Å². The van der Waals surface area contributed by atoms with Gasteiger partial charge in [0.15, 0.2) is 0 Å². The molecule has 0 aliphatic carbocycles. The van der Waals surface area contributed by atoms with E-state index in [1.54, 1.807) is 14.2 Å². The molecular weight excluding hydrogens is 204 g/mol. The fourth-order valence-electron chi connectivity index (χ4n) is 1.46. The van der Waals surface area contributed by atoms with Crippen molar-refractivity contribution in [2.24, 2.45) is 0 Å². The van der Waals surface area contributed by atoms with Crippen LogP contribution in [0.15, 0.2) is 18.2 Å². The van der Waals surface area contributed by atoms with Gasteiger partial charge in [0, 0.05) is 13.6 Å². The summed E-state index contributed by atoms with van der Waals surface area (Å²) >= 11 is 0. The Hall–Kier alpha value is -1.55. The Morgan fingerprint density at radius 3 is 2.75 bits per heavy atom. The Bertz CT molecular complexity index is 364. The highest BCUT2D eigenvalue weighted by Crippen LogP contribution is 2.18. The highest BCUT2D eigenvalue weighted by Gasteiger charge is 2.01. The first-order chi connectivity index (χ1) is 7.67. The van der Waals surface area contributed by atoms with Gasteiger partial charge in [0.05, 0.1) is 13.7 Å². The van der Waals surface area contributed by atoms with Crippen LogP contribution in [0.2, 0.25) is 0 Å². The van der Waals surface area contributed by atoms with Crippen molar-refractivity contribution in [3.63, 3.8) is 0 Å². The maximum Gasteiger partial charge on any atom is 0.233 e. The fraction of sp³-hybridized carbons (Fsp3) is 0.417. The first-order valence-corrected chi connectivity index (χ1v) is 5.22. The van der Waals surface area contributed by atoms with Crippen LogP contribution in [-0.4, -0.2) is 26.6 Å². The number of hydrogen-bond acceptors (Lipinski definition) is 3. The van der Waals surface area contributed by atoms with Crippen LogP contribution in [0.1, 0.15) is 11.1 Å². The molecule has 88 valence electrons. The van der Waals surface area contributed by atoms with Gasteiger partial charge >= 0.3 is 0 Å². The van der Waals surface area contributed by atoms with Crippen molar-refractivity contribution in [1.82, 2.24) is 10.6 Å². The van der Waals surface area contributed by atoms with E-state index >= 15 is 0 Å². The molecule has 0 saturated carbocycles. The van der Waals surface area contributed by atoms with Crippen LogP contribution in [0.4, 0.5) is 0 Å². The summed E-state index contributed by atoms with van der Waals surface area (Å²) in [4.78, 5) is 11.0. The second-order valence-electron chi connectivity index (χ2n) is 3.58. The molecular formula is C12H18N2O2. The minimum atomic E-state index is -0.00904. The molecule has 0 aromatic heterocycles. The minimum Gasteiger partial charge on any atom is -0.496 e. The number of likely N-dealkylation sites (N-methyl/N-ethyl adjacent to an activating group) is 1. The number of carbonyl (C=O) groups excluding carboxylic acids is 1. The smallest absolute Gasteiger partial charge is 0.233 e. The van der Waals surface area contributed by atoms with Gasteiger partial charge in [-0.1, -0.05) is 12.1 Å². The Balaban J connectivity index is 2.49. The van der Waals surface area contributed by atoms with Crippen LogP contribution in [0.3, 0.4) is 0 Å². The predicted octanol–water partition coefficient (Wildman–Crippen LogP) is 0.839. The molecule has 0 spiro atoms. The summed E-state index contributed by atoms with van der Waals surface area (Å²) in [5, 5.41) is 5.62. The van der Waals surface area contributed by atoms with Crippen molar-refractivity contribution in [3.05, 3.63) is 29.3 Å². The lowest BCUT2D eigenvalue weighted by atomic mass is 10.1. The van der Waals surface area contributed by atoms with E-state index in [2.05, 4.69) is 16.7 Å². The van der Waals surface area contributed by atoms with Gasteiger partial charge in [-0.3, -0.25) is 4.79 Å². The summed E-state index contributed by atoms with van der Waals surface area (Å²) in [5.41, 5.74) is 2.24. The van der Waals surface area contributed by atoms with Crippen molar-refractivity contribution in [3.8, 4) is 5.75 Å². The highest BCUT2D eigenvalue weighted by atomic mass is 16.5. The molecule has 0 radical (unpaired) electrons. The normalized spacial score (nSPS) is 9.94. The molecule has 0 aliphatic heterocycles. The monoisotopic (exact) mass is 222 g/mol. The van der Waals surface area contributed by atoms with E-state index in [0.29, 0.717) is 13.1 Å². The molecule has 4 nitrogen and oxygen atoms in total. The van der Waals surface area contributed by atoms with Gasteiger partial charge in [-0.25, -0.2) is 0 Å². The third kappa shape index (κ3) is 3.55. The SMILES string of the molecule is CNC(=O)CNCc1ccc(OC)c(C)c1. The zero-order valence-corrected chi connectivity index (χ0v) is 9.96. The lowest BCUT2D eigenvalue weighted by Crippen LogP contribution is -2.30. The maximum atomic E-state index is 11.0. The topological polar surface area (TPSA) is 50.4 Å². The summed E-state index contributed by atoms with van der Waals surface area (Å²) in [5.74, 6) is 0.875. The third-order valence-corrected chi connectivity index (χ3v) is 2.35. The van der Waals surface area contributed by atoms with E-state index < -0.39 is 0 Å². The highest BCUT2D eigenvalue weighted by molar-refractivity contribution is 5.77. The molecule has 1 aromatic carbocycles. The van der Waals surface area contributed by atoms with E-state index in [1.807, 2.05) is 19.1 Å². The van der Waals surface area contributed by atoms with Crippen LogP contribution in [0, 0.1) is 6.92 Å². The van der Waals surface area contributed by atoms with Crippen LogP contribution >= 0.6 is 0 Å². The first kappa shape index (κ1) is 12.5. The predicted molar refractivity (Wildman–Crippen MR) is 63.5 cm³/mol. The van der Waals surface area contributed by atoms with Crippen molar-refractivity contribution in [1.29, 1.82) is 0 Å². The molecule has 1 aromatic rings. The average molecular weight is 222 g/mol. The summed E-state index contributed by atoms with van der Waals surface area (Å²) < 4.78 is 5.18. The number of rotatable bonds is 5. The second-order valence-corrected chi connectivity index (χ2v) is 3.58. The van der Waals surface area contributed by atoms with E-state index in [4.69, 9.17) is 4.74 Å². The van der Waals surface area contributed by atoms with Gasteiger partial charge in [-0.05, 0) is 24.1 Å². The van der Waals surface area contributed by atoms with Crippen molar-refractivity contribution in [2.75, 3.05) is 20.7 Å². The van der Waals surface area contributed by atoms with Gasteiger partial charge < -0.3 is 15.4 Å². The molecule has 0 atom stereocenters. The number of methoxy groups -OCH3 is 1. The number of amides is 1. The summed E-state index contributed by atoms with van der Waals surface area (Å²) in [6.07, 6.45) is 0. The zero-order chi connectivity index (χ0) is 12.0. The summed E-state index contributed by atoms with van der Waals surface area (Å²) in [6, 6.07) is 5.98. The van der Waals surface area contributed by atoms with E-state index in [1.165, 1.54) is 0 Å². The maximum absolute atomic E-state index is 11.0. The van der Waals surface area contributed by atoms with E-state index in [-0.39, 0.29) is 5.91 Å². The first-order valence-electron chi connectivity index (χ1n) is 5.22. The Labute approximate surface area is 96.0 Å². The number of carbonyl (C=O) groups is 1. The number of ether oxygens (including phenoxy) is 1. The summed E-state index contributed by atoms with van der Waals surface area (Å²) in [6.45, 7) is 3.01. The molecule has 1 rings (SSSR count). The van der Waals surface area contributed by atoms with Crippen molar-refractivity contribution < 1.29 is 9.53 Å². The van der Waals surface area contributed by atoms with Gasteiger partial charge in [-0.2, -0.15) is 0 Å². The Morgan fingerprint density at radius 1 is 1.44 bits per heavy atom. The van der Waals surface area contributed by atoms with Gasteiger partial charge in [0.25, 0.3) is 0 Å². The van der Waals surface area contributed by atoms with E-state index in [9.17, 15) is 4.79 Å². The minimum absolute atomic E-state index is 0.00904. The molecule has 0 bridgehead atoms. The zero-order valence-electron chi connectivity index (χ0n) is 9.96. The van der Waals surface area contributed by atoms with Crippen LogP contribution in [-0.2, 0) is 11.3 Å². The molecule has 0 heterocycles. The number of hydrogen-bond donors (Lipinski definition) is 2. The lowest BCUT2D eigenvalue weighted by Gasteiger charge is -2.08. The fourth-order valence-corrected chi connectivity index (χ4v) is 1.46. The van der Waals surface area contributed by atoms with Gasteiger partial charge in [0.2, 0.25) is 5.91 Å². The molecule has 0 unspecified atom stereocenters. The van der Waals surface area contributed by atoms with Crippen LogP contribution < -0.4 is 15.4 Å². The Kier molecular flexibility index (Phi) is 4.79. The number of benzene rings is 1. The molecule has 4 heteroatoms. The lowest BCUT2D eigenvalue weighted by molar-refractivity contribution is -0.119. The van der Waals surface area contributed by atoms with Gasteiger partial charge in [0.1, 0.15) is 5.75 Å². The largest absolute Gasteiger partial charge is 0.496 e. The molecule has 0 saturated heterocycles. The number of aryl methyl sites for hydroxylation is 1.